The molecule has 0 spiro atoms. The average Bonchev–Trinajstić information content (AvgIpc) is 1.63. The van der Waals surface area contributed by atoms with Crippen LogP contribution in [0.15, 0.2) is 0 Å². The summed E-state index contributed by atoms with van der Waals surface area (Å²) >= 11 is 0.412. The van der Waals surface area contributed by atoms with Gasteiger partial charge in [0.05, 0.1) is 0 Å². The van der Waals surface area contributed by atoms with Crippen LogP contribution >= 0.6 is 12.4 Å². The molecule has 66 valence electrons. The SMILES string of the molecule is CC(C)[O][Fe][O]C(C)C.Cl. The molecule has 0 aromatic carbocycles. The summed E-state index contributed by atoms with van der Waals surface area (Å²) in [4.78, 5) is 0. The van der Waals surface area contributed by atoms with E-state index in [2.05, 4.69) is 0 Å². The normalized spacial score (nSPS) is 10.6. The standard InChI is InChI=1S/2C3H7O.ClH.Fe/c2*1-3(2)4;;/h2*3H,1-2H3;1H;/q2*-1;;+2. The second-order valence-corrected chi connectivity index (χ2v) is 3.03. The second-order valence-electron chi connectivity index (χ2n) is 2.32. The van der Waals surface area contributed by atoms with Crippen LogP contribution in [0.2, 0.25) is 0 Å². The van der Waals surface area contributed by atoms with Crippen LogP contribution in [0.25, 0.3) is 0 Å². The molecule has 0 saturated carbocycles. The summed E-state index contributed by atoms with van der Waals surface area (Å²) in [6.45, 7) is 7.96. The number of halogens is 1. The van der Waals surface area contributed by atoms with E-state index in [1.807, 2.05) is 27.7 Å². The van der Waals surface area contributed by atoms with Crippen molar-refractivity contribution >= 4 is 12.4 Å². The van der Waals surface area contributed by atoms with E-state index >= 15 is 0 Å². The van der Waals surface area contributed by atoms with Gasteiger partial charge in [-0.3, -0.25) is 0 Å². The molecule has 0 aliphatic carbocycles. The van der Waals surface area contributed by atoms with Crippen molar-refractivity contribution < 1.29 is 23.3 Å². The van der Waals surface area contributed by atoms with E-state index in [-0.39, 0.29) is 24.6 Å². The summed E-state index contributed by atoms with van der Waals surface area (Å²) in [5.74, 6) is 0. The molecule has 0 bridgehead atoms. The Morgan fingerprint density at radius 1 is 0.900 bits per heavy atom. The van der Waals surface area contributed by atoms with Crippen LogP contribution in [0, 0.1) is 0 Å². The minimum Gasteiger partial charge on any atom is -0.147 e. The van der Waals surface area contributed by atoms with Gasteiger partial charge in [0, 0.05) is 0 Å². The second kappa shape index (κ2) is 7.83. The fourth-order valence-corrected chi connectivity index (χ4v) is 0.642. The Kier molecular flexibility index (Phi) is 10.4. The molecule has 0 aliphatic rings. The zero-order chi connectivity index (χ0) is 7.28. The van der Waals surface area contributed by atoms with Gasteiger partial charge in [0.15, 0.2) is 0 Å². The Labute approximate surface area is 75.9 Å². The number of hydrogen-bond donors (Lipinski definition) is 0. The quantitative estimate of drug-likeness (QED) is 0.662. The molecule has 4 heteroatoms. The average molecular weight is 210 g/mol. The van der Waals surface area contributed by atoms with Crippen LogP contribution in [0.5, 0.6) is 0 Å². The Balaban J connectivity index is 0. The van der Waals surface area contributed by atoms with Gasteiger partial charge in [-0.1, -0.05) is 0 Å². The molecule has 0 atom stereocenters. The molecule has 0 amide bonds. The van der Waals surface area contributed by atoms with Crippen LogP contribution in [-0.2, 0) is 23.3 Å². The van der Waals surface area contributed by atoms with Crippen molar-refractivity contribution in [1.82, 2.24) is 0 Å². The molecule has 0 aromatic rings. The monoisotopic (exact) mass is 210 g/mol. The van der Waals surface area contributed by atoms with Gasteiger partial charge in [-0.25, -0.2) is 0 Å². The summed E-state index contributed by atoms with van der Waals surface area (Å²) in [5.41, 5.74) is 0. The molecule has 2 nitrogen and oxygen atoms in total. The zero-order valence-corrected chi connectivity index (χ0v) is 8.65. The van der Waals surface area contributed by atoms with Gasteiger partial charge in [-0.2, -0.15) is 0 Å². The van der Waals surface area contributed by atoms with E-state index in [1.54, 1.807) is 0 Å². The Hall–Kier alpha value is 0.729. The van der Waals surface area contributed by atoms with Crippen molar-refractivity contribution in [2.24, 2.45) is 0 Å². The van der Waals surface area contributed by atoms with E-state index in [9.17, 15) is 0 Å². The van der Waals surface area contributed by atoms with Crippen molar-refractivity contribution in [2.75, 3.05) is 0 Å². The maximum absolute atomic E-state index is 5.13. The molecular weight excluding hydrogens is 195 g/mol. The molecule has 0 fully saturated rings. The third-order valence-electron chi connectivity index (χ3n) is 0.401. The van der Waals surface area contributed by atoms with E-state index < -0.39 is 0 Å². The van der Waals surface area contributed by atoms with Gasteiger partial charge in [0.25, 0.3) is 0 Å². The fraction of sp³-hybridized carbons (Fsp3) is 1.00. The van der Waals surface area contributed by atoms with Crippen molar-refractivity contribution in [3.63, 3.8) is 0 Å². The van der Waals surface area contributed by atoms with Crippen LogP contribution < -0.4 is 0 Å². The van der Waals surface area contributed by atoms with Crippen LogP contribution in [0.1, 0.15) is 27.7 Å². The summed E-state index contributed by atoms with van der Waals surface area (Å²) < 4.78 is 10.3. The molecule has 0 rings (SSSR count). The maximum atomic E-state index is 5.13. The predicted molar refractivity (Wildman–Crippen MR) is 39.7 cm³/mol. The Morgan fingerprint density at radius 3 is 1.40 bits per heavy atom. The smallest absolute Gasteiger partial charge is 0.147 e. The minimum atomic E-state index is 0. The van der Waals surface area contributed by atoms with Crippen LogP contribution in [-0.4, -0.2) is 12.2 Å². The molecule has 0 aliphatic heterocycles. The topological polar surface area (TPSA) is 18.5 Å². The number of rotatable bonds is 4. The fourth-order valence-electron chi connectivity index (χ4n) is 0.156. The van der Waals surface area contributed by atoms with E-state index in [4.69, 9.17) is 7.64 Å². The van der Waals surface area contributed by atoms with Crippen molar-refractivity contribution in [3.8, 4) is 0 Å². The van der Waals surface area contributed by atoms with Gasteiger partial charge in [-0.05, 0) is 0 Å². The van der Waals surface area contributed by atoms with Crippen LogP contribution in [0.3, 0.4) is 0 Å². The largest absolute Gasteiger partial charge is 0.147 e. The van der Waals surface area contributed by atoms with Gasteiger partial charge in [0.2, 0.25) is 0 Å². The molecule has 0 aromatic heterocycles. The summed E-state index contributed by atoms with van der Waals surface area (Å²) in [6.07, 6.45) is 0.535. The predicted octanol–water partition coefficient (Wildman–Crippen LogP) is 2.17. The first-order valence-corrected chi connectivity index (χ1v) is 3.97. The van der Waals surface area contributed by atoms with Crippen molar-refractivity contribution in [2.45, 2.75) is 39.9 Å². The third kappa shape index (κ3) is 11.5. The first-order valence-electron chi connectivity index (χ1n) is 3.07. The van der Waals surface area contributed by atoms with Gasteiger partial charge in [-0.15, -0.1) is 12.4 Å². The maximum Gasteiger partial charge on any atom is -0.147 e. The summed E-state index contributed by atoms with van der Waals surface area (Å²) in [6, 6.07) is 0. The van der Waals surface area contributed by atoms with Crippen molar-refractivity contribution in [3.05, 3.63) is 0 Å². The van der Waals surface area contributed by atoms with E-state index in [1.165, 1.54) is 0 Å². The zero-order valence-electron chi connectivity index (χ0n) is 6.73. The van der Waals surface area contributed by atoms with Crippen LogP contribution in [0.4, 0.5) is 0 Å². The molecule has 0 unspecified atom stereocenters. The summed E-state index contributed by atoms with van der Waals surface area (Å²) in [5, 5.41) is 0. The molecule has 0 heterocycles. The first-order chi connectivity index (χ1) is 4.13. The van der Waals surface area contributed by atoms with Gasteiger partial charge < -0.3 is 0 Å². The summed E-state index contributed by atoms with van der Waals surface area (Å²) in [7, 11) is 0. The molecule has 0 radical (unpaired) electrons. The Bertz CT molecular complexity index is 60.8. The Morgan fingerprint density at radius 2 is 1.20 bits per heavy atom. The number of hydrogen-bond acceptors (Lipinski definition) is 2. The minimum absolute atomic E-state index is 0. The molecule has 0 saturated heterocycles. The third-order valence-corrected chi connectivity index (χ3v) is 1.65. The van der Waals surface area contributed by atoms with Gasteiger partial charge in [0.1, 0.15) is 0 Å². The first kappa shape index (κ1) is 13.3. The van der Waals surface area contributed by atoms with E-state index in [0.29, 0.717) is 15.6 Å². The molecular formula is C6H15ClFeO2. The molecule has 0 N–H and O–H groups in total. The van der Waals surface area contributed by atoms with E-state index in [0.717, 1.165) is 0 Å². The van der Waals surface area contributed by atoms with Gasteiger partial charge >= 0.3 is 63.2 Å². The van der Waals surface area contributed by atoms with Crippen molar-refractivity contribution in [1.29, 1.82) is 0 Å². The molecule has 10 heavy (non-hydrogen) atoms.